The van der Waals surface area contributed by atoms with Gasteiger partial charge in [0.05, 0.1) is 18.3 Å². The zero-order chi connectivity index (χ0) is 19.9. The van der Waals surface area contributed by atoms with E-state index in [-0.39, 0.29) is 23.6 Å². The lowest BCUT2D eigenvalue weighted by atomic mass is 9.95. The number of pyridine rings is 1. The van der Waals surface area contributed by atoms with Crippen molar-refractivity contribution in [1.82, 2.24) is 10.3 Å². The van der Waals surface area contributed by atoms with Gasteiger partial charge in [-0.25, -0.2) is 4.98 Å². The standard InChI is InChI=1S/C22H24ClN3OS/c1-3-15(2)16-8-10-17(11-9-16)21(19-7-5-13-28-19)25-14-20(27)26-18-6-4-12-24-22(18)23/h4-13,15,21,25H,3,14H2,1-2H3,(H,26,27)/t15-,21-/m1/s1. The third-order valence-corrected chi connectivity index (χ3v) is 6.02. The van der Waals surface area contributed by atoms with Crippen molar-refractivity contribution in [2.24, 2.45) is 0 Å². The molecular formula is C22H24ClN3OS. The van der Waals surface area contributed by atoms with Gasteiger partial charge < -0.3 is 5.32 Å². The van der Waals surface area contributed by atoms with E-state index >= 15 is 0 Å². The number of halogens is 1. The zero-order valence-corrected chi connectivity index (χ0v) is 17.6. The number of amides is 1. The topological polar surface area (TPSA) is 54.0 Å². The van der Waals surface area contributed by atoms with E-state index in [1.165, 1.54) is 10.4 Å². The van der Waals surface area contributed by atoms with Gasteiger partial charge in [-0.2, -0.15) is 0 Å². The van der Waals surface area contributed by atoms with Crippen LogP contribution in [-0.2, 0) is 4.79 Å². The van der Waals surface area contributed by atoms with E-state index in [2.05, 4.69) is 59.8 Å². The Bertz CT molecular complexity index is 896. The summed E-state index contributed by atoms with van der Waals surface area (Å²) in [5.74, 6) is 0.380. The second-order valence-electron chi connectivity index (χ2n) is 6.70. The second kappa shape index (κ2) is 9.82. The lowest BCUT2D eigenvalue weighted by molar-refractivity contribution is -0.115. The van der Waals surface area contributed by atoms with E-state index in [9.17, 15) is 4.79 Å². The average Bonchev–Trinajstić information content (AvgIpc) is 3.24. The number of nitrogens with one attached hydrogen (secondary N) is 2. The van der Waals surface area contributed by atoms with Crippen LogP contribution in [0.25, 0.3) is 0 Å². The van der Waals surface area contributed by atoms with Crippen molar-refractivity contribution in [2.75, 3.05) is 11.9 Å². The number of rotatable bonds is 8. The maximum absolute atomic E-state index is 12.4. The van der Waals surface area contributed by atoms with Crippen molar-refractivity contribution < 1.29 is 4.79 Å². The Morgan fingerprint density at radius 3 is 2.54 bits per heavy atom. The SMILES string of the molecule is CC[C@@H](C)c1ccc([C@@H](NCC(=O)Nc2cccnc2Cl)c2cccs2)cc1. The van der Waals surface area contributed by atoms with Crippen molar-refractivity contribution in [3.8, 4) is 0 Å². The van der Waals surface area contributed by atoms with Gasteiger partial charge in [0.1, 0.15) is 0 Å². The van der Waals surface area contributed by atoms with E-state index in [4.69, 9.17) is 11.6 Å². The monoisotopic (exact) mass is 413 g/mol. The first-order valence-corrected chi connectivity index (χ1v) is 10.6. The highest BCUT2D eigenvalue weighted by molar-refractivity contribution is 7.10. The van der Waals surface area contributed by atoms with Gasteiger partial charge in [-0.05, 0) is 47.0 Å². The van der Waals surface area contributed by atoms with Gasteiger partial charge in [-0.1, -0.05) is 55.8 Å². The molecule has 3 aromatic rings. The molecule has 1 amide bonds. The molecule has 0 unspecified atom stereocenters. The molecule has 0 bridgehead atoms. The Hall–Kier alpha value is -2.21. The molecule has 1 aromatic carbocycles. The second-order valence-corrected chi connectivity index (χ2v) is 8.03. The van der Waals surface area contributed by atoms with Crippen molar-refractivity contribution in [1.29, 1.82) is 0 Å². The van der Waals surface area contributed by atoms with Crippen LogP contribution in [0.15, 0.2) is 60.1 Å². The highest BCUT2D eigenvalue weighted by atomic mass is 35.5. The van der Waals surface area contributed by atoms with Gasteiger partial charge in [-0.15, -0.1) is 11.3 Å². The zero-order valence-electron chi connectivity index (χ0n) is 16.0. The third-order valence-electron chi connectivity index (χ3n) is 4.78. The number of carbonyl (C=O) groups excluding carboxylic acids is 1. The number of aromatic nitrogens is 1. The van der Waals surface area contributed by atoms with Crippen LogP contribution in [-0.4, -0.2) is 17.4 Å². The highest BCUT2D eigenvalue weighted by Gasteiger charge is 2.17. The summed E-state index contributed by atoms with van der Waals surface area (Å²) in [7, 11) is 0. The first-order valence-electron chi connectivity index (χ1n) is 9.35. The summed E-state index contributed by atoms with van der Waals surface area (Å²) in [4.78, 5) is 17.5. The Kier molecular flexibility index (Phi) is 7.20. The number of hydrogen-bond donors (Lipinski definition) is 2. The first kappa shape index (κ1) is 20.5. The molecule has 0 aliphatic carbocycles. The van der Waals surface area contributed by atoms with E-state index in [1.54, 1.807) is 29.7 Å². The molecule has 0 saturated carbocycles. The number of thiophene rings is 1. The van der Waals surface area contributed by atoms with E-state index in [0.717, 1.165) is 12.0 Å². The summed E-state index contributed by atoms with van der Waals surface area (Å²) in [5, 5.41) is 8.51. The van der Waals surface area contributed by atoms with Gasteiger partial charge in [0, 0.05) is 11.1 Å². The van der Waals surface area contributed by atoms with Crippen LogP contribution in [0.2, 0.25) is 5.15 Å². The van der Waals surface area contributed by atoms with Crippen LogP contribution in [0.1, 0.15) is 48.2 Å². The Morgan fingerprint density at radius 1 is 1.14 bits per heavy atom. The molecule has 0 fully saturated rings. The Labute approximate surface area is 175 Å². The minimum Gasteiger partial charge on any atom is -0.322 e. The minimum atomic E-state index is -0.160. The summed E-state index contributed by atoms with van der Waals surface area (Å²) >= 11 is 7.69. The summed E-state index contributed by atoms with van der Waals surface area (Å²) < 4.78 is 0. The number of hydrogen-bond acceptors (Lipinski definition) is 4. The van der Waals surface area contributed by atoms with Crippen LogP contribution in [0.5, 0.6) is 0 Å². The predicted octanol–water partition coefficient (Wildman–Crippen LogP) is 5.63. The molecule has 0 aliphatic rings. The molecule has 28 heavy (non-hydrogen) atoms. The van der Waals surface area contributed by atoms with Gasteiger partial charge in [0.2, 0.25) is 5.91 Å². The highest BCUT2D eigenvalue weighted by Crippen LogP contribution is 2.28. The van der Waals surface area contributed by atoms with Crippen molar-refractivity contribution >= 4 is 34.5 Å². The molecule has 2 atom stereocenters. The third kappa shape index (κ3) is 5.19. The van der Waals surface area contributed by atoms with Crippen molar-refractivity contribution in [3.63, 3.8) is 0 Å². The summed E-state index contributed by atoms with van der Waals surface area (Å²) in [6, 6.07) is 16.2. The lowest BCUT2D eigenvalue weighted by Gasteiger charge is -2.19. The number of benzene rings is 1. The molecule has 0 saturated heterocycles. The smallest absolute Gasteiger partial charge is 0.238 e. The Morgan fingerprint density at radius 2 is 1.89 bits per heavy atom. The van der Waals surface area contributed by atoms with Crippen LogP contribution in [0, 0.1) is 0 Å². The quantitative estimate of drug-likeness (QED) is 0.470. The summed E-state index contributed by atoms with van der Waals surface area (Å²) in [6.07, 6.45) is 2.70. The van der Waals surface area contributed by atoms with Gasteiger partial charge in [-0.3, -0.25) is 10.1 Å². The maximum Gasteiger partial charge on any atom is 0.238 e. The molecule has 4 nitrogen and oxygen atoms in total. The molecule has 0 aliphatic heterocycles. The molecular weight excluding hydrogens is 390 g/mol. The largest absolute Gasteiger partial charge is 0.322 e. The van der Waals surface area contributed by atoms with Crippen LogP contribution < -0.4 is 10.6 Å². The summed E-state index contributed by atoms with van der Waals surface area (Å²) in [6.45, 7) is 4.60. The van der Waals surface area contributed by atoms with Crippen molar-refractivity contribution in [2.45, 2.75) is 32.2 Å². The number of anilines is 1. The minimum absolute atomic E-state index is 0.0406. The number of nitrogens with zero attached hydrogens (tertiary/aromatic N) is 1. The van der Waals surface area contributed by atoms with Gasteiger partial charge >= 0.3 is 0 Å². The van der Waals surface area contributed by atoms with Crippen LogP contribution in [0.3, 0.4) is 0 Å². The predicted molar refractivity (Wildman–Crippen MR) is 117 cm³/mol. The van der Waals surface area contributed by atoms with Crippen LogP contribution in [0.4, 0.5) is 5.69 Å². The molecule has 6 heteroatoms. The normalized spacial score (nSPS) is 13.1. The fraction of sp³-hybridized carbons (Fsp3) is 0.273. The molecule has 2 heterocycles. The van der Waals surface area contributed by atoms with Crippen molar-refractivity contribution in [3.05, 3.63) is 81.3 Å². The molecule has 0 radical (unpaired) electrons. The maximum atomic E-state index is 12.4. The molecule has 0 spiro atoms. The van der Waals surface area contributed by atoms with E-state index in [1.807, 2.05) is 11.4 Å². The number of carbonyl (C=O) groups is 1. The average molecular weight is 414 g/mol. The van der Waals surface area contributed by atoms with Gasteiger partial charge in [0.25, 0.3) is 0 Å². The molecule has 146 valence electrons. The fourth-order valence-electron chi connectivity index (χ4n) is 2.96. The van der Waals surface area contributed by atoms with Gasteiger partial charge in [0.15, 0.2) is 5.15 Å². The fourth-order valence-corrected chi connectivity index (χ4v) is 3.95. The molecule has 2 N–H and O–H groups in total. The first-order chi connectivity index (χ1) is 13.6. The van der Waals surface area contributed by atoms with Crippen LogP contribution >= 0.6 is 22.9 Å². The van der Waals surface area contributed by atoms with E-state index < -0.39 is 0 Å². The molecule has 3 rings (SSSR count). The molecule has 2 aromatic heterocycles. The summed E-state index contributed by atoms with van der Waals surface area (Å²) in [5.41, 5.74) is 2.99. The lowest BCUT2D eigenvalue weighted by Crippen LogP contribution is -2.31. The Balaban J connectivity index is 1.71. The van der Waals surface area contributed by atoms with E-state index in [0.29, 0.717) is 11.6 Å².